The van der Waals surface area contributed by atoms with E-state index in [0.717, 1.165) is 31.0 Å². The van der Waals surface area contributed by atoms with E-state index in [2.05, 4.69) is 17.5 Å². The minimum absolute atomic E-state index is 0.0743. The molecular weight excluding hydrogens is 414 g/mol. The van der Waals surface area contributed by atoms with Gasteiger partial charge < -0.3 is 9.73 Å². The highest BCUT2D eigenvalue weighted by Gasteiger charge is 2.51. The highest BCUT2D eigenvalue weighted by Crippen LogP contribution is 2.51. The van der Waals surface area contributed by atoms with Crippen molar-refractivity contribution < 1.29 is 14.0 Å². The summed E-state index contributed by atoms with van der Waals surface area (Å²) in [7, 11) is 0. The number of ketones is 1. The summed E-state index contributed by atoms with van der Waals surface area (Å²) in [5, 5.41) is 23.1. The zero-order valence-electron chi connectivity index (χ0n) is 16.6. The van der Waals surface area contributed by atoms with Crippen molar-refractivity contribution >= 4 is 34.4 Å². The van der Waals surface area contributed by atoms with Crippen LogP contribution in [0.25, 0.3) is 11.0 Å². The highest BCUT2D eigenvalue weighted by molar-refractivity contribution is 8.03. The number of hydrogen-bond donors (Lipinski definition) is 1. The number of nitrogens with one attached hydrogen (secondary N) is 1. The predicted octanol–water partition coefficient (Wildman–Crippen LogP) is 3.66. The van der Waals surface area contributed by atoms with Gasteiger partial charge in [0.1, 0.15) is 17.1 Å². The van der Waals surface area contributed by atoms with Crippen molar-refractivity contribution in [2.24, 2.45) is 11.3 Å². The summed E-state index contributed by atoms with van der Waals surface area (Å²) in [6.07, 6.45) is 3.86. The molecule has 1 aromatic carbocycles. The predicted molar refractivity (Wildman–Crippen MR) is 115 cm³/mol. The second-order valence-electron chi connectivity index (χ2n) is 7.78. The van der Waals surface area contributed by atoms with Crippen molar-refractivity contribution in [2.75, 3.05) is 5.75 Å². The lowest BCUT2D eigenvalue weighted by molar-refractivity contribution is -0.126. The minimum atomic E-state index is -0.921. The monoisotopic (exact) mass is 433 g/mol. The van der Waals surface area contributed by atoms with Gasteiger partial charge in [0.25, 0.3) is 0 Å². The van der Waals surface area contributed by atoms with E-state index in [1.165, 1.54) is 6.07 Å². The van der Waals surface area contributed by atoms with Gasteiger partial charge in [0.05, 0.1) is 28.5 Å². The molecule has 4 rings (SSSR count). The van der Waals surface area contributed by atoms with Crippen LogP contribution in [0.4, 0.5) is 0 Å². The summed E-state index contributed by atoms with van der Waals surface area (Å²) in [6, 6.07) is 12.7. The molecule has 0 unspecified atom stereocenters. The van der Waals surface area contributed by atoms with E-state index in [4.69, 9.17) is 4.42 Å². The quantitative estimate of drug-likeness (QED) is 0.576. The number of nitrogens with zero attached hydrogens (tertiary/aromatic N) is 2. The van der Waals surface area contributed by atoms with Gasteiger partial charge in [0, 0.05) is 10.8 Å². The number of Topliss-reactive ketones (excluding diaryl/α,β-unsaturated/α-hetero) is 1. The molecule has 1 spiro atoms. The number of para-hydroxylation sites is 1. The van der Waals surface area contributed by atoms with Crippen LogP contribution >= 0.6 is 11.8 Å². The third-order valence-corrected chi connectivity index (χ3v) is 7.05. The summed E-state index contributed by atoms with van der Waals surface area (Å²) in [4.78, 5) is 37.7. The molecule has 0 radical (unpaired) electrons. The molecular formula is C23H19N3O4S. The van der Waals surface area contributed by atoms with Gasteiger partial charge in [-0.05, 0) is 25.0 Å². The molecule has 1 amide bonds. The van der Waals surface area contributed by atoms with Crippen LogP contribution in [0.2, 0.25) is 0 Å². The second kappa shape index (κ2) is 8.41. The van der Waals surface area contributed by atoms with Crippen LogP contribution in [-0.4, -0.2) is 17.4 Å². The fraction of sp³-hybridized carbons (Fsp3) is 0.348. The van der Waals surface area contributed by atoms with Crippen LogP contribution in [0, 0.1) is 34.0 Å². The van der Waals surface area contributed by atoms with Crippen LogP contribution in [0.5, 0.6) is 0 Å². The van der Waals surface area contributed by atoms with Gasteiger partial charge in [0.15, 0.2) is 5.78 Å². The van der Waals surface area contributed by atoms with Gasteiger partial charge in [0.2, 0.25) is 5.91 Å². The molecule has 2 aromatic rings. The number of thioether (sulfide) groups is 1. The number of hydrogen-bond acceptors (Lipinski definition) is 7. The Morgan fingerprint density at radius 2 is 1.94 bits per heavy atom. The van der Waals surface area contributed by atoms with Crippen molar-refractivity contribution in [1.29, 1.82) is 10.5 Å². The van der Waals surface area contributed by atoms with Crippen LogP contribution in [-0.2, 0) is 4.79 Å². The number of fused-ring (bicyclic) bond motifs is 1. The molecule has 7 nitrogen and oxygen atoms in total. The highest BCUT2D eigenvalue weighted by atomic mass is 32.2. The smallest absolute Gasteiger partial charge is 0.347 e. The minimum Gasteiger partial charge on any atom is -0.422 e. The Hall–Kier alpha value is -3.36. The van der Waals surface area contributed by atoms with Crippen LogP contribution < -0.4 is 10.9 Å². The van der Waals surface area contributed by atoms with Gasteiger partial charge >= 0.3 is 5.63 Å². The first kappa shape index (κ1) is 20.9. The summed E-state index contributed by atoms with van der Waals surface area (Å²) < 4.78 is 5.23. The zero-order valence-corrected chi connectivity index (χ0v) is 17.5. The summed E-state index contributed by atoms with van der Waals surface area (Å²) in [5.74, 6) is -1.96. The molecule has 1 saturated carbocycles. The van der Waals surface area contributed by atoms with Crippen molar-refractivity contribution in [3.63, 3.8) is 0 Å². The lowest BCUT2D eigenvalue weighted by atomic mass is 9.61. The molecule has 0 saturated heterocycles. The average Bonchev–Trinajstić information content (AvgIpc) is 2.77. The van der Waals surface area contributed by atoms with E-state index >= 15 is 0 Å². The first-order chi connectivity index (χ1) is 15.0. The van der Waals surface area contributed by atoms with E-state index in [1.54, 1.807) is 24.3 Å². The lowest BCUT2D eigenvalue weighted by Gasteiger charge is -2.43. The van der Waals surface area contributed by atoms with Gasteiger partial charge in [-0.2, -0.15) is 10.5 Å². The molecule has 8 heteroatoms. The maximum Gasteiger partial charge on any atom is 0.347 e. The normalized spacial score (nSPS) is 20.2. The topological polar surface area (TPSA) is 124 Å². The summed E-state index contributed by atoms with van der Waals surface area (Å²) in [6.45, 7) is 0. The van der Waals surface area contributed by atoms with Crippen molar-refractivity contribution in [2.45, 2.75) is 32.1 Å². The zero-order chi connectivity index (χ0) is 22.0. The number of carbonyl (C=O) groups excluding carboxylic acids is 2. The Balaban J connectivity index is 1.64. The van der Waals surface area contributed by atoms with Gasteiger partial charge in [-0.15, -0.1) is 0 Å². The Bertz CT molecular complexity index is 1240. The number of rotatable bonds is 4. The Morgan fingerprint density at radius 3 is 2.65 bits per heavy atom. The van der Waals surface area contributed by atoms with Crippen LogP contribution in [0.1, 0.15) is 42.5 Å². The van der Waals surface area contributed by atoms with Gasteiger partial charge in [-0.1, -0.05) is 49.2 Å². The third kappa shape index (κ3) is 3.64. The number of amides is 1. The van der Waals surface area contributed by atoms with E-state index in [9.17, 15) is 24.9 Å². The fourth-order valence-corrected chi connectivity index (χ4v) is 5.51. The van der Waals surface area contributed by atoms with Crippen LogP contribution in [0.3, 0.4) is 0 Å². The molecule has 156 valence electrons. The molecule has 1 atom stereocenters. The van der Waals surface area contributed by atoms with Crippen molar-refractivity contribution in [3.8, 4) is 12.1 Å². The Kier molecular flexibility index (Phi) is 5.67. The molecule has 1 N–H and O–H groups in total. The van der Waals surface area contributed by atoms with Crippen LogP contribution in [0.15, 0.2) is 50.1 Å². The van der Waals surface area contributed by atoms with Crippen molar-refractivity contribution in [1.82, 2.24) is 5.32 Å². The maximum atomic E-state index is 12.8. The molecule has 1 aliphatic carbocycles. The average molecular weight is 433 g/mol. The number of nitriles is 2. The number of carbonyl (C=O) groups is 2. The summed E-state index contributed by atoms with van der Waals surface area (Å²) >= 11 is 1.02. The molecule has 0 bridgehead atoms. The lowest BCUT2D eigenvalue weighted by Crippen LogP contribution is -2.48. The second-order valence-corrected chi connectivity index (χ2v) is 8.77. The Morgan fingerprint density at radius 1 is 1.19 bits per heavy atom. The molecule has 2 heterocycles. The molecule has 1 aliphatic heterocycles. The first-order valence-electron chi connectivity index (χ1n) is 10.0. The molecule has 1 aromatic heterocycles. The molecule has 1 fully saturated rings. The standard InChI is InChI=1S/C23H19N3O4S/c24-11-16-20(28)26-21(17(12-25)23(16)8-4-1-5-9-23)31-13-18(27)15-10-14-6-2-3-7-19(14)30-22(15)29/h2-3,6-7,10,16H,1,4-5,8-9,13H2,(H,26,28)/t16-/m0/s1. The van der Waals surface area contributed by atoms with Gasteiger partial charge in [-0.3, -0.25) is 9.59 Å². The largest absolute Gasteiger partial charge is 0.422 e. The van der Waals surface area contributed by atoms with E-state index in [-0.39, 0.29) is 11.3 Å². The third-order valence-electron chi connectivity index (χ3n) is 6.05. The summed E-state index contributed by atoms with van der Waals surface area (Å²) in [5.41, 5.74) is -0.846. The van der Waals surface area contributed by atoms with Crippen molar-refractivity contribution in [3.05, 3.63) is 56.9 Å². The maximum absolute atomic E-state index is 12.8. The van der Waals surface area contributed by atoms with Gasteiger partial charge in [-0.25, -0.2) is 4.79 Å². The first-order valence-corrected chi connectivity index (χ1v) is 11.0. The van der Waals surface area contributed by atoms with E-state index < -0.39 is 28.6 Å². The SMILES string of the molecule is N#CC1=C(SCC(=O)c2cc3ccccc3oc2=O)NC(=O)[C@H](C#N)C12CCCCC2. The number of allylic oxidation sites excluding steroid dienone is 1. The van der Waals surface area contributed by atoms with E-state index in [0.29, 0.717) is 34.4 Å². The number of benzene rings is 1. The fourth-order valence-electron chi connectivity index (χ4n) is 4.51. The molecule has 31 heavy (non-hydrogen) atoms. The Labute approximate surface area is 182 Å². The molecule has 2 aliphatic rings. The van der Waals surface area contributed by atoms with E-state index in [1.807, 2.05) is 0 Å².